The van der Waals surface area contributed by atoms with E-state index in [1.165, 1.54) is 45.2 Å². The molecule has 0 aliphatic carbocycles. The van der Waals surface area contributed by atoms with Crippen LogP contribution in [0.2, 0.25) is 0 Å². The van der Waals surface area contributed by atoms with Crippen LogP contribution in [0.15, 0.2) is 53.4 Å². The van der Waals surface area contributed by atoms with Crippen molar-refractivity contribution in [2.45, 2.75) is 25.2 Å². The predicted octanol–water partition coefficient (Wildman–Crippen LogP) is 1.82. The van der Waals surface area contributed by atoms with Crippen molar-refractivity contribution in [2.24, 2.45) is 0 Å². The van der Waals surface area contributed by atoms with Crippen LogP contribution in [0, 0.1) is 13.8 Å². The van der Waals surface area contributed by atoms with Crippen LogP contribution in [0.3, 0.4) is 0 Å². The molecule has 32 heavy (non-hydrogen) atoms. The van der Waals surface area contributed by atoms with E-state index in [1.54, 1.807) is 24.3 Å². The molecule has 1 N–H and O–H groups in total. The van der Waals surface area contributed by atoms with E-state index in [1.807, 2.05) is 13.8 Å². The summed E-state index contributed by atoms with van der Waals surface area (Å²) in [6.07, 6.45) is -0.134. The smallest absolute Gasteiger partial charge is 0.364 e. The Morgan fingerprint density at radius 3 is 2.50 bits per heavy atom. The van der Waals surface area contributed by atoms with E-state index >= 15 is 0 Å². The zero-order valence-electron chi connectivity index (χ0n) is 17.0. The minimum atomic E-state index is -4.58. The molecule has 4 rings (SSSR count). The number of thiazole rings is 1. The summed E-state index contributed by atoms with van der Waals surface area (Å²) in [5.41, 5.74) is 2.51. The highest BCUT2D eigenvalue weighted by Crippen LogP contribution is 2.20. The van der Waals surface area contributed by atoms with Gasteiger partial charge >= 0.3 is 11.1 Å². The van der Waals surface area contributed by atoms with E-state index in [2.05, 4.69) is 15.2 Å². The van der Waals surface area contributed by atoms with Crippen molar-refractivity contribution in [3.8, 4) is 22.2 Å². The predicted molar refractivity (Wildman–Crippen MR) is 113 cm³/mol. The standard InChI is InChI=1S/C20H17N5O5S2/c1-12-13(2)31-20(21-12)25-23-19(15-5-3-4-14(10-15)11-18(26)27)22-24(25)16-6-8-17(9-7-16)32(28,29)30/h3-10H,11H2,1-2H3,(H-,26,27,28,29,30). The third-order valence-electron chi connectivity index (χ3n) is 4.64. The van der Waals surface area contributed by atoms with Crippen LogP contribution < -0.4 is 4.80 Å². The number of carboxylic acid groups (broad SMARTS) is 1. The van der Waals surface area contributed by atoms with E-state index in [-0.39, 0.29) is 11.3 Å². The lowest BCUT2D eigenvalue weighted by molar-refractivity contribution is -0.734. The Kier molecular flexibility index (Phi) is 5.59. The van der Waals surface area contributed by atoms with Crippen molar-refractivity contribution in [1.82, 2.24) is 20.0 Å². The number of hydrogen-bond donors (Lipinski definition) is 1. The second kappa shape index (κ2) is 8.22. The van der Waals surface area contributed by atoms with Crippen LogP contribution >= 0.6 is 11.3 Å². The monoisotopic (exact) mass is 471 g/mol. The maximum absolute atomic E-state index is 11.3. The number of tetrazole rings is 1. The number of aromatic nitrogens is 5. The van der Waals surface area contributed by atoms with Crippen molar-refractivity contribution in [3.05, 3.63) is 64.7 Å². The molecule has 0 unspecified atom stereocenters. The molecular weight excluding hydrogens is 454 g/mol. The molecule has 4 aromatic rings. The summed E-state index contributed by atoms with van der Waals surface area (Å²) in [5.74, 6) is -0.624. The molecule has 10 nitrogen and oxygen atoms in total. The Bertz CT molecular complexity index is 1410. The van der Waals surface area contributed by atoms with E-state index in [4.69, 9.17) is 5.11 Å². The highest BCUT2D eigenvalue weighted by Gasteiger charge is 2.25. The molecule has 0 fully saturated rings. The fourth-order valence-electron chi connectivity index (χ4n) is 2.97. The van der Waals surface area contributed by atoms with Gasteiger partial charge < -0.3 is 9.66 Å². The highest BCUT2D eigenvalue weighted by atomic mass is 32.2. The molecule has 0 radical (unpaired) electrons. The van der Waals surface area contributed by atoms with Crippen LogP contribution in [0.25, 0.3) is 22.2 Å². The summed E-state index contributed by atoms with van der Waals surface area (Å²) in [7, 11) is -4.58. The quantitative estimate of drug-likeness (QED) is 0.331. The Morgan fingerprint density at radius 1 is 1.19 bits per heavy atom. The lowest BCUT2D eigenvalue weighted by atomic mass is 10.1. The van der Waals surface area contributed by atoms with Gasteiger partial charge in [-0.15, -0.1) is 0 Å². The molecule has 0 amide bonds. The third kappa shape index (κ3) is 4.42. The number of carbonyl (C=O) groups is 1. The molecule has 2 aromatic heterocycles. The summed E-state index contributed by atoms with van der Waals surface area (Å²) in [6.45, 7) is 3.81. The van der Waals surface area contributed by atoms with E-state index < -0.39 is 16.1 Å². The number of carboxylic acids is 1. The van der Waals surface area contributed by atoms with Crippen molar-refractivity contribution >= 4 is 27.4 Å². The molecule has 0 saturated carbocycles. The Morgan fingerprint density at radius 2 is 1.91 bits per heavy atom. The first-order valence-corrected chi connectivity index (χ1v) is 11.6. The Labute approximate surface area is 187 Å². The summed E-state index contributed by atoms with van der Waals surface area (Å²) in [6, 6.07) is 12.2. The largest absolute Gasteiger partial charge is 0.744 e. The van der Waals surface area contributed by atoms with Gasteiger partial charge in [-0.25, -0.2) is 8.42 Å². The average molecular weight is 472 g/mol. The fourth-order valence-corrected chi connectivity index (χ4v) is 4.29. The maximum atomic E-state index is 11.3. The molecule has 0 spiro atoms. The summed E-state index contributed by atoms with van der Waals surface area (Å²) >= 11 is 1.41. The molecular formula is C20H17N5O5S2. The maximum Gasteiger partial charge on any atom is 0.364 e. The molecule has 0 saturated heterocycles. The second-order valence-corrected chi connectivity index (χ2v) is 9.52. The SMILES string of the molecule is Cc1nc(-[n+]2nc(-c3cccc(CC(=O)O)c3)nn2-c2ccc(S(=O)(=O)[O-])cc2)sc1C. The number of rotatable bonds is 6. The highest BCUT2D eigenvalue weighted by molar-refractivity contribution is 7.85. The minimum absolute atomic E-state index is 0.134. The van der Waals surface area contributed by atoms with Gasteiger partial charge in [-0.05, 0) is 70.5 Å². The van der Waals surface area contributed by atoms with Gasteiger partial charge in [0.05, 0.1) is 11.3 Å². The molecule has 12 heteroatoms. The third-order valence-corrected chi connectivity index (χ3v) is 6.53. The normalized spacial score (nSPS) is 11.6. The first-order valence-electron chi connectivity index (χ1n) is 9.33. The second-order valence-electron chi connectivity index (χ2n) is 6.96. The minimum Gasteiger partial charge on any atom is -0.744 e. The molecule has 0 bridgehead atoms. The number of aryl methyl sites for hydroxylation is 2. The van der Waals surface area contributed by atoms with Gasteiger partial charge in [0.25, 0.3) is 5.82 Å². The first kappa shape index (κ1) is 21.7. The molecule has 0 aliphatic rings. The van der Waals surface area contributed by atoms with Crippen molar-refractivity contribution in [2.75, 3.05) is 0 Å². The van der Waals surface area contributed by atoms with Gasteiger partial charge in [-0.1, -0.05) is 28.5 Å². The van der Waals surface area contributed by atoms with E-state index in [0.717, 1.165) is 10.6 Å². The number of aliphatic carboxylic acids is 1. The van der Waals surface area contributed by atoms with Crippen molar-refractivity contribution in [1.29, 1.82) is 0 Å². The number of hydrogen-bond acceptors (Lipinski definition) is 8. The molecule has 2 heterocycles. The van der Waals surface area contributed by atoms with Crippen LogP contribution in [-0.2, 0) is 21.3 Å². The van der Waals surface area contributed by atoms with Gasteiger partial charge in [0.15, 0.2) is 0 Å². The van der Waals surface area contributed by atoms with Crippen LogP contribution in [0.1, 0.15) is 16.1 Å². The molecule has 2 aromatic carbocycles. The van der Waals surface area contributed by atoms with Crippen molar-refractivity contribution < 1.29 is 27.7 Å². The van der Waals surface area contributed by atoms with E-state index in [9.17, 15) is 17.8 Å². The zero-order chi connectivity index (χ0) is 23.0. The lowest BCUT2D eigenvalue weighted by Gasteiger charge is -2.06. The van der Waals surface area contributed by atoms with Gasteiger partial charge in [0, 0.05) is 15.5 Å². The van der Waals surface area contributed by atoms with Gasteiger partial charge in [0.1, 0.15) is 21.5 Å². The van der Waals surface area contributed by atoms with Gasteiger partial charge in [-0.3, -0.25) is 4.79 Å². The van der Waals surface area contributed by atoms with Crippen LogP contribution in [0.4, 0.5) is 0 Å². The summed E-state index contributed by atoms with van der Waals surface area (Å²) in [4.78, 5) is 19.2. The summed E-state index contributed by atoms with van der Waals surface area (Å²) in [5, 5.41) is 18.7. The van der Waals surface area contributed by atoms with Gasteiger partial charge in [-0.2, -0.15) is 0 Å². The fraction of sp³-hybridized carbons (Fsp3) is 0.150. The van der Waals surface area contributed by atoms with E-state index in [0.29, 0.717) is 27.8 Å². The van der Waals surface area contributed by atoms with Crippen LogP contribution in [0.5, 0.6) is 0 Å². The number of benzene rings is 2. The zero-order valence-corrected chi connectivity index (χ0v) is 18.6. The molecule has 164 valence electrons. The molecule has 0 atom stereocenters. The summed E-state index contributed by atoms with van der Waals surface area (Å²) < 4.78 is 33.8. The number of nitrogens with zero attached hydrogens (tertiary/aromatic N) is 5. The Hall–Kier alpha value is -3.48. The first-order chi connectivity index (χ1) is 15.1. The average Bonchev–Trinajstić information content (AvgIpc) is 3.31. The Balaban J connectivity index is 1.85. The van der Waals surface area contributed by atoms with Crippen LogP contribution in [-0.4, -0.2) is 44.0 Å². The van der Waals surface area contributed by atoms with Crippen molar-refractivity contribution in [3.63, 3.8) is 0 Å². The van der Waals surface area contributed by atoms with Gasteiger partial charge in [0.2, 0.25) is 0 Å². The lowest BCUT2D eigenvalue weighted by Crippen LogP contribution is -2.43. The topological polar surface area (TPSA) is 142 Å². The molecule has 0 aliphatic heterocycles.